The maximum absolute atomic E-state index is 10.6. The Morgan fingerprint density at radius 2 is 1.15 bits per heavy atom. The lowest BCUT2D eigenvalue weighted by Crippen LogP contribution is -2.16. The number of rotatable bonds is 5. The average molecular weight is 456 g/mol. The van der Waals surface area contributed by atoms with E-state index in [0.717, 1.165) is 28.1 Å². The lowest BCUT2D eigenvalue weighted by atomic mass is 10.0. The molecule has 5 nitrogen and oxygen atoms in total. The zero-order valence-corrected chi connectivity index (χ0v) is 20.0. The zero-order chi connectivity index (χ0) is 24.6. The molecular formula is C29H29NO4. The number of aryl methyl sites for hydroxylation is 3. The summed E-state index contributed by atoms with van der Waals surface area (Å²) in [4.78, 5) is 2.01. The van der Waals surface area contributed by atoms with Crippen molar-refractivity contribution in [2.24, 2.45) is 0 Å². The van der Waals surface area contributed by atoms with E-state index in [-0.39, 0.29) is 17.2 Å². The predicted octanol–water partition coefficient (Wildman–Crippen LogP) is 7.61. The van der Waals surface area contributed by atoms with Crippen LogP contribution in [0.4, 0.5) is 17.1 Å². The Kier molecular flexibility index (Phi) is 6.12. The van der Waals surface area contributed by atoms with E-state index >= 15 is 0 Å². The number of phenolic OH excluding ortho intramolecular Hbond substituents is 3. The third kappa shape index (κ3) is 4.13. The molecule has 4 rings (SSSR count). The van der Waals surface area contributed by atoms with Gasteiger partial charge in [-0.1, -0.05) is 30.3 Å². The molecule has 4 aromatic carbocycles. The smallest absolute Gasteiger partial charge is 0.169 e. The molecular weight excluding hydrogens is 426 g/mol. The average Bonchev–Trinajstić information content (AvgIpc) is 2.80. The minimum atomic E-state index is 0.0517. The standard InChI is InChI=1S/C29H29NO4/c1-17-10-15-27(25(33)16-17)34-26-9-7-6-8-22(26)30(28-18(2)11-13-23(31)20(28)4)29-19(3)12-14-24(32)21(29)5/h6-16,31-33H,1-5H3. The summed E-state index contributed by atoms with van der Waals surface area (Å²) in [5.74, 6) is 1.26. The number of hydrogen-bond donors (Lipinski definition) is 3. The molecule has 34 heavy (non-hydrogen) atoms. The fourth-order valence-corrected chi connectivity index (χ4v) is 4.25. The van der Waals surface area contributed by atoms with Gasteiger partial charge in [0.2, 0.25) is 0 Å². The van der Waals surface area contributed by atoms with Crippen molar-refractivity contribution in [1.82, 2.24) is 0 Å². The van der Waals surface area contributed by atoms with Crippen LogP contribution in [0.5, 0.6) is 28.7 Å². The van der Waals surface area contributed by atoms with Crippen LogP contribution in [0.1, 0.15) is 27.8 Å². The number of phenols is 3. The van der Waals surface area contributed by atoms with E-state index in [1.54, 1.807) is 24.3 Å². The van der Waals surface area contributed by atoms with Gasteiger partial charge in [-0.15, -0.1) is 0 Å². The maximum Gasteiger partial charge on any atom is 0.169 e. The first-order chi connectivity index (χ1) is 16.2. The van der Waals surface area contributed by atoms with Gasteiger partial charge in [0.15, 0.2) is 17.2 Å². The molecule has 0 aliphatic heterocycles. The molecule has 4 aromatic rings. The van der Waals surface area contributed by atoms with Gasteiger partial charge < -0.3 is 25.0 Å². The van der Waals surface area contributed by atoms with Gasteiger partial charge in [0.25, 0.3) is 0 Å². The third-order valence-electron chi connectivity index (χ3n) is 6.10. The van der Waals surface area contributed by atoms with Crippen molar-refractivity contribution in [3.63, 3.8) is 0 Å². The minimum absolute atomic E-state index is 0.0517. The second-order valence-corrected chi connectivity index (χ2v) is 8.63. The van der Waals surface area contributed by atoms with Gasteiger partial charge in [-0.2, -0.15) is 0 Å². The molecule has 0 saturated carbocycles. The highest BCUT2D eigenvalue weighted by Gasteiger charge is 2.25. The number of ether oxygens (including phenoxy) is 1. The molecule has 0 aliphatic rings. The Balaban J connectivity index is 2.01. The molecule has 5 heteroatoms. The number of hydrogen-bond acceptors (Lipinski definition) is 5. The Morgan fingerprint density at radius 1 is 0.588 bits per heavy atom. The van der Waals surface area contributed by atoms with Crippen LogP contribution in [0, 0.1) is 34.6 Å². The maximum atomic E-state index is 10.6. The number of benzene rings is 4. The summed E-state index contributed by atoms with van der Waals surface area (Å²) in [7, 11) is 0. The van der Waals surface area contributed by atoms with E-state index in [1.165, 1.54) is 0 Å². The molecule has 0 fully saturated rings. The monoisotopic (exact) mass is 455 g/mol. The summed E-state index contributed by atoms with van der Waals surface area (Å²) >= 11 is 0. The molecule has 174 valence electrons. The second-order valence-electron chi connectivity index (χ2n) is 8.63. The Hall–Kier alpha value is -4.12. The van der Waals surface area contributed by atoms with Crippen molar-refractivity contribution in [3.05, 3.63) is 94.5 Å². The second kappa shape index (κ2) is 9.02. The molecule has 0 radical (unpaired) electrons. The summed E-state index contributed by atoms with van der Waals surface area (Å²) < 4.78 is 6.22. The van der Waals surface area contributed by atoms with Crippen molar-refractivity contribution in [1.29, 1.82) is 0 Å². The third-order valence-corrected chi connectivity index (χ3v) is 6.10. The van der Waals surface area contributed by atoms with Gasteiger partial charge in [0.05, 0.1) is 17.1 Å². The highest BCUT2D eigenvalue weighted by molar-refractivity contribution is 5.87. The minimum Gasteiger partial charge on any atom is -0.508 e. The Bertz CT molecular complexity index is 1320. The first-order valence-corrected chi connectivity index (χ1v) is 11.1. The van der Waals surface area contributed by atoms with Crippen LogP contribution >= 0.6 is 0 Å². The topological polar surface area (TPSA) is 73.2 Å². The summed E-state index contributed by atoms with van der Waals surface area (Å²) in [6.45, 7) is 9.61. The summed E-state index contributed by atoms with van der Waals surface area (Å²) in [5, 5.41) is 31.6. The highest BCUT2D eigenvalue weighted by Crippen LogP contribution is 2.49. The fourth-order valence-electron chi connectivity index (χ4n) is 4.25. The molecule has 0 unspecified atom stereocenters. The summed E-state index contributed by atoms with van der Waals surface area (Å²) in [6, 6.07) is 19.9. The molecule has 0 amide bonds. The molecule has 0 aliphatic carbocycles. The number of aromatic hydroxyl groups is 3. The lowest BCUT2D eigenvalue weighted by Gasteiger charge is -2.32. The van der Waals surface area contributed by atoms with Crippen LogP contribution in [0.3, 0.4) is 0 Å². The van der Waals surface area contributed by atoms with Crippen LogP contribution in [-0.2, 0) is 0 Å². The first-order valence-electron chi connectivity index (χ1n) is 11.1. The van der Waals surface area contributed by atoms with Gasteiger partial charge in [-0.05, 0) is 87.7 Å². The molecule has 0 aromatic heterocycles. The largest absolute Gasteiger partial charge is 0.508 e. The Morgan fingerprint density at radius 3 is 1.71 bits per heavy atom. The van der Waals surface area contributed by atoms with E-state index in [0.29, 0.717) is 28.3 Å². The van der Waals surface area contributed by atoms with Crippen LogP contribution in [0.15, 0.2) is 66.7 Å². The van der Waals surface area contributed by atoms with E-state index in [1.807, 2.05) is 82.0 Å². The van der Waals surface area contributed by atoms with Crippen LogP contribution in [-0.4, -0.2) is 15.3 Å². The van der Waals surface area contributed by atoms with Gasteiger partial charge in [0.1, 0.15) is 11.5 Å². The molecule has 3 N–H and O–H groups in total. The molecule has 0 saturated heterocycles. The number of para-hydroxylation sites is 2. The van der Waals surface area contributed by atoms with Crippen molar-refractivity contribution in [3.8, 4) is 28.7 Å². The van der Waals surface area contributed by atoms with Gasteiger partial charge in [0, 0.05) is 11.1 Å². The van der Waals surface area contributed by atoms with Crippen LogP contribution in [0.25, 0.3) is 0 Å². The molecule has 0 atom stereocenters. The quantitative estimate of drug-likeness (QED) is 0.289. The molecule has 0 heterocycles. The highest BCUT2D eigenvalue weighted by atomic mass is 16.5. The SMILES string of the molecule is Cc1ccc(Oc2ccccc2N(c2c(C)ccc(O)c2C)c2c(C)ccc(O)c2C)c(O)c1. The van der Waals surface area contributed by atoms with E-state index in [9.17, 15) is 15.3 Å². The number of nitrogens with zero attached hydrogens (tertiary/aromatic N) is 1. The first kappa shape index (κ1) is 23.1. The van der Waals surface area contributed by atoms with Crippen molar-refractivity contribution in [2.45, 2.75) is 34.6 Å². The normalized spacial score (nSPS) is 10.9. The summed E-state index contributed by atoms with van der Waals surface area (Å²) in [6.07, 6.45) is 0. The van der Waals surface area contributed by atoms with E-state index in [2.05, 4.69) is 0 Å². The van der Waals surface area contributed by atoms with E-state index < -0.39 is 0 Å². The molecule has 0 spiro atoms. The van der Waals surface area contributed by atoms with E-state index in [4.69, 9.17) is 4.74 Å². The van der Waals surface area contributed by atoms with Crippen molar-refractivity contribution in [2.75, 3.05) is 4.90 Å². The van der Waals surface area contributed by atoms with Gasteiger partial charge >= 0.3 is 0 Å². The van der Waals surface area contributed by atoms with Crippen LogP contribution in [0.2, 0.25) is 0 Å². The van der Waals surface area contributed by atoms with Crippen molar-refractivity contribution < 1.29 is 20.1 Å². The van der Waals surface area contributed by atoms with Gasteiger partial charge in [-0.3, -0.25) is 0 Å². The summed E-state index contributed by atoms with van der Waals surface area (Å²) in [5.41, 5.74) is 6.52. The van der Waals surface area contributed by atoms with Gasteiger partial charge in [-0.25, -0.2) is 0 Å². The lowest BCUT2D eigenvalue weighted by molar-refractivity contribution is 0.411. The number of anilines is 3. The fraction of sp³-hybridized carbons (Fsp3) is 0.172. The Labute approximate surface area is 200 Å². The molecule has 0 bridgehead atoms. The van der Waals surface area contributed by atoms with Crippen molar-refractivity contribution >= 4 is 17.1 Å². The van der Waals surface area contributed by atoms with Crippen LogP contribution < -0.4 is 9.64 Å². The predicted molar refractivity (Wildman–Crippen MR) is 136 cm³/mol. The zero-order valence-electron chi connectivity index (χ0n) is 20.0.